The minimum absolute atomic E-state index is 0.197. The van der Waals surface area contributed by atoms with Gasteiger partial charge in [-0.3, -0.25) is 0 Å². The first-order valence-electron chi connectivity index (χ1n) is 6.97. The summed E-state index contributed by atoms with van der Waals surface area (Å²) in [4.78, 5) is 17.6. The fourth-order valence-electron chi connectivity index (χ4n) is 2.42. The first-order chi connectivity index (χ1) is 9.06. The van der Waals surface area contributed by atoms with Gasteiger partial charge in [-0.2, -0.15) is 0 Å². The molecule has 1 aromatic heterocycles. The molecule has 1 aliphatic rings. The van der Waals surface area contributed by atoms with Gasteiger partial charge < -0.3 is 10.0 Å². The van der Waals surface area contributed by atoms with Crippen molar-refractivity contribution < 1.29 is 9.90 Å². The molecule has 0 atom stereocenters. The van der Waals surface area contributed by atoms with E-state index < -0.39 is 5.97 Å². The van der Waals surface area contributed by atoms with Crippen molar-refractivity contribution in [1.29, 1.82) is 0 Å². The fraction of sp³-hybridized carbons (Fsp3) is 0.714. The van der Waals surface area contributed by atoms with Crippen LogP contribution >= 0.6 is 11.3 Å². The van der Waals surface area contributed by atoms with Crippen molar-refractivity contribution in [3.8, 4) is 0 Å². The van der Waals surface area contributed by atoms with Gasteiger partial charge in [0.2, 0.25) is 0 Å². The quantitative estimate of drug-likeness (QED) is 0.901. The SMILES string of the molecule is CC(C)CCN1CCC(c2nc(C(=O)O)cs2)CC1. The Morgan fingerprint density at radius 2 is 2.21 bits per heavy atom. The lowest BCUT2D eigenvalue weighted by molar-refractivity contribution is 0.0691. The molecule has 0 spiro atoms. The predicted octanol–water partition coefficient (Wildman–Crippen LogP) is 3.07. The topological polar surface area (TPSA) is 53.4 Å². The van der Waals surface area contributed by atoms with Crippen LogP contribution in [0.4, 0.5) is 0 Å². The van der Waals surface area contributed by atoms with Crippen molar-refractivity contribution in [1.82, 2.24) is 9.88 Å². The largest absolute Gasteiger partial charge is 0.476 e. The lowest BCUT2D eigenvalue weighted by Crippen LogP contribution is -2.34. The number of aromatic carboxylic acids is 1. The predicted molar refractivity (Wildman–Crippen MR) is 76.9 cm³/mol. The third-order valence-electron chi connectivity index (χ3n) is 3.70. The fourth-order valence-corrected chi connectivity index (χ4v) is 3.38. The van der Waals surface area contributed by atoms with E-state index in [1.807, 2.05) is 0 Å². The summed E-state index contributed by atoms with van der Waals surface area (Å²) in [6.07, 6.45) is 3.46. The van der Waals surface area contributed by atoms with Gasteiger partial charge in [0.1, 0.15) is 0 Å². The zero-order valence-electron chi connectivity index (χ0n) is 11.6. The lowest BCUT2D eigenvalue weighted by Gasteiger charge is -2.31. The lowest BCUT2D eigenvalue weighted by atomic mass is 9.97. The standard InChI is InChI=1S/C14H22N2O2S/c1-10(2)3-6-16-7-4-11(5-8-16)13-15-12(9-19-13)14(17)18/h9-11H,3-8H2,1-2H3,(H,17,18). The molecule has 1 aliphatic heterocycles. The van der Waals surface area contributed by atoms with Crippen LogP contribution in [0.5, 0.6) is 0 Å². The number of carbonyl (C=O) groups is 1. The van der Waals surface area contributed by atoms with Crippen LogP contribution in [0.15, 0.2) is 5.38 Å². The summed E-state index contributed by atoms with van der Waals surface area (Å²) < 4.78 is 0. The second kappa shape index (κ2) is 6.48. The van der Waals surface area contributed by atoms with Gasteiger partial charge in [0.05, 0.1) is 5.01 Å². The van der Waals surface area contributed by atoms with Crippen LogP contribution < -0.4 is 0 Å². The van der Waals surface area contributed by atoms with Crippen LogP contribution in [0.1, 0.15) is 54.5 Å². The van der Waals surface area contributed by atoms with Gasteiger partial charge in [0, 0.05) is 11.3 Å². The number of thiazole rings is 1. The van der Waals surface area contributed by atoms with Gasteiger partial charge in [-0.05, 0) is 44.8 Å². The van der Waals surface area contributed by atoms with E-state index in [0.29, 0.717) is 5.92 Å². The molecule has 0 amide bonds. The van der Waals surface area contributed by atoms with Crippen molar-refractivity contribution in [2.24, 2.45) is 5.92 Å². The van der Waals surface area contributed by atoms with Gasteiger partial charge in [0.15, 0.2) is 5.69 Å². The Morgan fingerprint density at radius 1 is 1.53 bits per heavy atom. The second-order valence-electron chi connectivity index (χ2n) is 5.67. The van der Waals surface area contributed by atoms with E-state index in [-0.39, 0.29) is 5.69 Å². The van der Waals surface area contributed by atoms with Crippen molar-refractivity contribution in [2.75, 3.05) is 19.6 Å². The average Bonchev–Trinajstić information content (AvgIpc) is 2.86. The minimum atomic E-state index is -0.920. The molecule has 0 unspecified atom stereocenters. The summed E-state index contributed by atoms with van der Waals surface area (Å²) in [5.74, 6) is 0.292. The number of carboxylic acids is 1. The molecule has 5 heteroatoms. The maximum absolute atomic E-state index is 10.8. The molecule has 2 rings (SSSR count). The summed E-state index contributed by atoms with van der Waals surface area (Å²) in [6, 6.07) is 0. The van der Waals surface area contributed by atoms with Crippen molar-refractivity contribution in [3.05, 3.63) is 16.1 Å². The second-order valence-corrected chi connectivity index (χ2v) is 6.56. The molecule has 0 aliphatic carbocycles. The Bertz CT molecular complexity index is 423. The van der Waals surface area contributed by atoms with Crippen molar-refractivity contribution in [2.45, 2.75) is 39.0 Å². The van der Waals surface area contributed by atoms with E-state index in [9.17, 15) is 4.79 Å². The summed E-state index contributed by atoms with van der Waals surface area (Å²) in [5, 5.41) is 11.6. The highest BCUT2D eigenvalue weighted by Gasteiger charge is 2.23. The van der Waals surface area contributed by atoms with Gasteiger partial charge in [-0.1, -0.05) is 13.8 Å². The van der Waals surface area contributed by atoms with Crippen LogP contribution in [-0.2, 0) is 0 Å². The normalized spacial score (nSPS) is 18.1. The molecule has 19 heavy (non-hydrogen) atoms. The van der Waals surface area contributed by atoms with Crippen LogP contribution in [0, 0.1) is 5.92 Å². The Hall–Kier alpha value is -0.940. The molecule has 2 heterocycles. The molecule has 0 bridgehead atoms. The van der Waals surface area contributed by atoms with Crippen LogP contribution in [-0.4, -0.2) is 40.6 Å². The maximum atomic E-state index is 10.8. The van der Waals surface area contributed by atoms with E-state index in [1.165, 1.54) is 24.3 Å². The van der Waals surface area contributed by atoms with Crippen molar-refractivity contribution in [3.63, 3.8) is 0 Å². The minimum Gasteiger partial charge on any atom is -0.476 e. The molecule has 0 saturated carbocycles. The number of likely N-dealkylation sites (tertiary alicyclic amines) is 1. The van der Waals surface area contributed by atoms with Gasteiger partial charge in [-0.15, -0.1) is 11.3 Å². The van der Waals surface area contributed by atoms with E-state index in [0.717, 1.165) is 36.9 Å². The monoisotopic (exact) mass is 282 g/mol. The Labute approximate surface area is 118 Å². The molecule has 1 N–H and O–H groups in total. The maximum Gasteiger partial charge on any atom is 0.355 e. The smallest absolute Gasteiger partial charge is 0.355 e. The van der Waals surface area contributed by atoms with Gasteiger partial charge in [-0.25, -0.2) is 9.78 Å². The number of rotatable bonds is 5. The van der Waals surface area contributed by atoms with Gasteiger partial charge >= 0.3 is 5.97 Å². The van der Waals surface area contributed by atoms with Crippen LogP contribution in [0.3, 0.4) is 0 Å². The number of hydrogen-bond donors (Lipinski definition) is 1. The van der Waals surface area contributed by atoms with E-state index in [2.05, 4.69) is 23.7 Å². The Morgan fingerprint density at radius 3 is 2.74 bits per heavy atom. The van der Waals surface area contributed by atoms with Gasteiger partial charge in [0.25, 0.3) is 0 Å². The molecular weight excluding hydrogens is 260 g/mol. The molecule has 0 radical (unpaired) electrons. The number of nitrogens with zero attached hydrogens (tertiary/aromatic N) is 2. The first kappa shape index (κ1) is 14.5. The first-order valence-corrected chi connectivity index (χ1v) is 7.85. The summed E-state index contributed by atoms with van der Waals surface area (Å²) in [7, 11) is 0. The highest BCUT2D eigenvalue weighted by molar-refractivity contribution is 7.09. The van der Waals surface area contributed by atoms with Crippen LogP contribution in [0.2, 0.25) is 0 Å². The number of piperidine rings is 1. The summed E-state index contributed by atoms with van der Waals surface area (Å²) in [6.45, 7) is 7.92. The number of hydrogen-bond acceptors (Lipinski definition) is 4. The molecule has 1 fully saturated rings. The molecular formula is C14H22N2O2S. The highest BCUT2D eigenvalue weighted by atomic mass is 32.1. The third-order valence-corrected chi connectivity index (χ3v) is 4.71. The highest BCUT2D eigenvalue weighted by Crippen LogP contribution is 2.30. The average molecular weight is 282 g/mol. The zero-order chi connectivity index (χ0) is 13.8. The third kappa shape index (κ3) is 4.01. The Balaban J connectivity index is 1.83. The molecule has 4 nitrogen and oxygen atoms in total. The van der Waals surface area contributed by atoms with Crippen molar-refractivity contribution >= 4 is 17.3 Å². The van der Waals surface area contributed by atoms with E-state index >= 15 is 0 Å². The van der Waals surface area contributed by atoms with Crippen LogP contribution in [0.25, 0.3) is 0 Å². The Kier molecular flexibility index (Phi) is 4.93. The van der Waals surface area contributed by atoms with E-state index in [1.54, 1.807) is 5.38 Å². The molecule has 0 aromatic carbocycles. The van der Waals surface area contributed by atoms with E-state index in [4.69, 9.17) is 5.11 Å². The number of carboxylic acid groups (broad SMARTS) is 1. The zero-order valence-corrected chi connectivity index (χ0v) is 12.4. The summed E-state index contributed by atoms with van der Waals surface area (Å²) >= 11 is 1.49. The molecule has 1 aromatic rings. The summed E-state index contributed by atoms with van der Waals surface area (Å²) in [5.41, 5.74) is 0.197. The molecule has 106 valence electrons. The number of aromatic nitrogens is 1. The molecule has 1 saturated heterocycles.